The Kier molecular flexibility index (Phi) is 2.13. The van der Waals surface area contributed by atoms with Crippen LogP contribution in [0.25, 0.3) is 0 Å². The number of nitrogens with one attached hydrogen (secondary N) is 1. The average Bonchev–Trinajstić information content (AvgIpc) is 2.75. The van der Waals surface area contributed by atoms with Crippen LogP contribution in [0.15, 0.2) is 30.5 Å². The van der Waals surface area contributed by atoms with E-state index in [2.05, 4.69) is 39.9 Å². The molecule has 1 aliphatic heterocycles. The van der Waals surface area contributed by atoms with Crippen molar-refractivity contribution in [1.82, 2.24) is 15.0 Å². The minimum Gasteiger partial charge on any atom is -0.385 e. The molecule has 0 bridgehead atoms. The lowest BCUT2D eigenvalue weighted by Gasteiger charge is -2.26. The van der Waals surface area contributed by atoms with Crippen LogP contribution in [0.5, 0.6) is 0 Å². The minimum atomic E-state index is 0.414. The van der Waals surface area contributed by atoms with E-state index in [4.69, 9.17) is 0 Å². The number of hydrogen-bond donors (Lipinski definition) is 1. The molecule has 1 N–H and O–H groups in total. The van der Waals surface area contributed by atoms with Gasteiger partial charge in [-0.1, -0.05) is 23.4 Å². The van der Waals surface area contributed by atoms with Gasteiger partial charge < -0.3 is 5.32 Å². The number of nitrogens with zero attached hydrogens (tertiary/aromatic N) is 3. The lowest BCUT2D eigenvalue weighted by molar-refractivity contribution is 0.616. The van der Waals surface area contributed by atoms with E-state index in [1.54, 1.807) is 0 Å². The van der Waals surface area contributed by atoms with Gasteiger partial charge >= 0.3 is 0 Å². The summed E-state index contributed by atoms with van der Waals surface area (Å²) in [5.74, 6) is 0.414. The van der Waals surface area contributed by atoms with Gasteiger partial charge in [0.2, 0.25) is 0 Å². The number of anilines is 1. The predicted molar refractivity (Wildman–Crippen MR) is 62.4 cm³/mol. The third-order valence-electron chi connectivity index (χ3n) is 3.19. The van der Waals surface area contributed by atoms with Gasteiger partial charge in [-0.25, -0.2) is 0 Å². The summed E-state index contributed by atoms with van der Waals surface area (Å²) in [6.45, 7) is 1.01. The van der Waals surface area contributed by atoms with Gasteiger partial charge in [-0.2, -0.15) is 0 Å². The fourth-order valence-electron chi connectivity index (χ4n) is 2.39. The van der Waals surface area contributed by atoms with Crippen LogP contribution in [-0.2, 0) is 7.05 Å². The van der Waals surface area contributed by atoms with Crippen LogP contribution in [0.3, 0.4) is 0 Å². The number of fused-ring (bicyclic) bond motifs is 1. The van der Waals surface area contributed by atoms with E-state index in [0.29, 0.717) is 5.92 Å². The van der Waals surface area contributed by atoms with E-state index in [1.165, 1.54) is 16.9 Å². The van der Waals surface area contributed by atoms with Crippen LogP contribution < -0.4 is 5.32 Å². The van der Waals surface area contributed by atoms with Crippen molar-refractivity contribution in [3.05, 3.63) is 41.7 Å². The van der Waals surface area contributed by atoms with Crippen molar-refractivity contribution in [2.45, 2.75) is 12.3 Å². The van der Waals surface area contributed by atoms with Gasteiger partial charge in [0, 0.05) is 25.2 Å². The van der Waals surface area contributed by atoms with Gasteiger partial charge in [-0.15, -0.1) is 5.10 Å². The Morgan fingerprint density at radius 1 is 1.38 bits per heavy atom. The van der Waals surface area contributed by atoms with Crippen molar-refractivity contribution in [2.24, 2.45) is 7.05 Å². The molecule has 1 aromatic carbocycles. The first-order valence-corrected chi connectivity index (χ1v) is 5.53. The molecule has 82 valence electrons. The number of benzene rings is 1. The fourth-order valence-corrected chi connectivity index (χ4v) is 2.39. The quantitative estimate of drug-likeness (QED) is 0.786. The molecule has 1 aliphatic rings. The standard InChI is InChI=1S/C12H14N4/c1-16-12(8-14-15-16)10-6-7-13-11-5-3-2-4-9(10)11/h2-5,8,10,13H,6-7H2,1H3. The highest BCUT2D eigenvalue weighted by Crippen LogP contribution is 2.35. The van der Waals surface area contributed by atoms with Crippen LogP contribution in [-0.4, -0.2) is 21.5 Å². The molecule has 1 aromatic heterocycles. The molecular weight excluding hydrogens is 200 g/mol. The molecule has 3 rings (SSSR count). The van der Waals surface area contributed by atoms with Crippen molar-refractivity contribution in [2.75, 3.05) is 11.9 Å². The highest BCUT2D eigenvalue weighted by atomic mass is 15.4. The molecule has 0 saturated carbocycles. The van der Waals surface area contributed by atoms with E-state index in [1.807, 2.05) is 17.9 Å². The summed E-state index contributed by atoms with van der Waals surface area (Å²) in [5, 5.41) is 11.4. The number of aryl methyl sites for hydroxylation is 1. The first kappa shape index (κ1) is 9.39. The zero-order valence-electron chi connectivity index (χ0n) is 9.22. The summed E-state index contributed by atoms with van der Waals surface area (Å²) in [6, 6.07) is 8.46. The molecular formula is C12H14N4. The van der Waals surface area contributed by atoms with E-state index < -0.39 is 0 Å². The second kappa shape index (κ2) is 3.63. The monoisotopic (exact) mass is 214 g/mol. The maximum atomic E-state index is 4.01. The maximum Gasteiger partial charge on any atom is 0.0731 e. The van der Waals surface area contributed by atoms with Crippen molar-refractivity contribution < 1.29 is 0 Å². The summed E-state index contributed by atoms with van der Waals surface area (Å²) < 4.78 is 1.87. The third kappa shape index (κ3) is 1.38. The largest absolute Gasteiger partial charge is 0.385 e. The molecule has 0 aliphatic carbocycles. The average molecular weight is 214 g/mol. The van der Waals surface area contributed by atoms with Gasteiger partial charge in [0.15, 0.2) is 0 Å². The second-order valence-electron chi connectivity index (χ2n) is 4.14. The first-order chi connectivity index (χ1) is 7.86. The zero-order chi connectivity index (χ0) is 11.0. The van der Waals surface area contributed by atoms with Gasteiger partial charge in [-0.05, 0) is 18.1 Å². The number of para-hydroxylation sites is 1. The molecule has 0 radical (unpaired) electrons. The molecule has 4 nitrogen and oxygen atoms in total. The summed E-state index contributed by atoms with van der Waals surface area (Å²) in [7, 11) is 1.95. The SMILES string of the molecule is Cn1nncc1C1CCNc2ccccc21. The highest BCUT2D eigenvalue weighted by Gasteiger charge is 2.23. The van der Waals surface area contributed by atoms with Gasteiger partial charge in [0.05, 0.1) is 11.9 Å². The number of rotatable bonds is 1. The summed E-state index contributed by atoms with van der Waals surface area (Å²) in [5.41, 5.74) is 3.77. The Bertz CT molecular complexity index is 503. The molecule has 2 heterocycles. The Labute approximate surface area is 94.3 Å². The number of hydrogen-bond acceptors (Lipinski definition) is 3. The first-order valence-electron chi connectivity index (χ1n) is 5.53. The van der Waals surface area contributed by atoms with Crippen molar-refractivity contribution >= 4 is 5.69 Å². The van der Waals surface area contributed by atoms with Crippen LogP contribution in [0.2, 0.25) is 0 Å². The molecule has 0 spiro atoms. The predicted octanol–water partition coefficient (Wildman–Crippen LogP) is 1.76. The molecule has 16 heavy (non-hydrogen) atoms. The van der Waals surface area contributed by atoms with E-state index in [9.17, 15) is 0 Å². The molecule has 1 atom stereocenters. The maximum absolute atomic E-state index is 4.01. The fraction of sp³-hybridized carbons (Fsp3) is 0.333. The van der Waals surface area contributed by atoms with E-state index >= 15 is 0 Å². The second-order valence-corrected chi connectivity index (χ2v) is 4.14. The van der Waals surface area contributed by atoms with Gasteiger partial charge in [0.25, 0.3) is 0 Å². The van der Waals surface area contributed by atoms with E-state index in [-0.39, 0.29) is 0 Å². The molecule has 2 aromatic rings. The van der Waals surface area contributed by atoms with Gasteiger partial charge in [0.1, 0.15) is 0 Å². The van der Waals surface area contributed by atoms with Crippen LogP contribution in [0.4, 0.5) is 5.69 Å². The molecule has 0 fully saturated rings. The van der Waals surface area contributed by atoms with Crippen LogP contribution in [0, 0.1) is 0 Å². The minimum absolute atomic E-state index is 0.414. The summed E-state index contributed by atoms with van der Waals surface area (Å²) >= 11 is 0. The smallest absolute Gasteiger partial charge is 0.0731 e. The van der Waals surface area contributed by atoms with Crippen molar-refractivity contribution in [1.29, 1.82) is 0 Å². The molecule has 0 saturated heterocycles. The summed E-state index contributed by atoms with van der Waals surface area (Å²) in [6.07, 6.45) is 2.96. The van der Waals surface area contributed by atoms with Crippen LogP contribution in [0.1, 0.15) is 23.6 Å². The topological polar surface area (TPSA) is 42.7 Å². The Balaban J connectivity index is 2.08. The van der Waals surface area contributed by atoms with E-state index in [0.717, 1.165) is 13.0 Å². The summed E-state index contributed by atoms with van der Waals surface area (Å²) in [4.78, 5) is 0. The lowest BCUT2D eigenvalue weighted by Crippen LogP contribution is -2.19. The lowest BCUT2D eigenvalue weighted by atomic mass is 9.88. The van der Waals surface area contributed by atoms with Gasteiger partial charge in [-0.3, -0.25) is 4.68 Å². The normalized spacial score (nSPS) is 18.9. The highest BCUT2D eigenvalue weighted by molar-refractivity contribution is 5.56. The zero-order valence-corrected chi connectivity index (χ0v) is 9.22. The Morgan fingerprint density at radius 3 is 3.06 bits per heavy atom. The van der Waals surface area contributed by atoms with Crippen molar-refractivity contribution in [3.8, 4) is 0 Å². The molecule has 0 amide bonds. The Hall–Kier alpha value is -1.84. The number of aromatic nitrogens is 3. The molecule has 4 heteroatoms. The third-order valence-corrected chi connectivity index (χ3v) is 3.19. The van der Waals surface area contributed by atoms with Crippen LogP contribution >= 0.6 is 0 Å². The Morgan fingerprint density at radius 2 is 2.25 bits per heavy atom. The molecule has 1 unspecified atom stereocenters. The van der Waals surface area contributed by atoms with Crippen molar-refractivity contribution in [3.63, 3.8) is 0 Å².